The van der Waals surface area contributed by atoms with Crippen LogP contribution in [0.4, 0.5) is 0 Å². The molecule has 2 heteroatoms. The fourth-order valence-corrected chi connectivity index (χ4v) is 3.39. The normalized spacial score (nSPS) is 29.2. The highest BCUT2D eigenvalue weighted by Crippen LogP contribution is 2.38. The minimum Gasteiger partial charge on any atom is -0.324 e. The van der Waals surface area contributed by atoms with Crippen LogP contribution in [-0.2, 0) is 0 Å². The second kappa shape index (κ2) is 4.79. The summed E-state index contributed by atoms with van der Waals surface area (Å²) >= 11 is 0. The zero-order valence-corrected chi connectivity index (χ0v) is 10.4. The van der Waals surface area contributed by atoms with Crippen LogP contribution < -0.4 is 11.1 Å². The molecule has 2 nitrogen and oxygen atoms in total. The van der Waals surface area contributed by atoms with Gasteiger partial charge in [-0.05, 0) is 30.4 Å². The van der Waals surface area contributed by atoms with E-state index in [-0.39, 0.29) is 6.04 Å². The Labute approximate surface area is 104 Å². The molecule has 0 radical (unpaired) electrons. The second-order valence-corrected chi connectivity index (χ2v) is 5.53. The van der Waals surface area contributed by atoms with Crippen LogP contribution in [0.1, 0.15) is 61.7 Å². The van der Waals surface area contributed by atoms with Gasteiger partial charge in [0.05, 0.1) is 0 Å². The van der Waals surface area contributed by atoms with Crippen molar-refractivity contribution >= 4 is 0 Å². The Kier molecular flexibility index (Phi) is 3.17. The van der Waals surface area contributed by atoms with Crippen LogP contribution in [-0.4, -0.2) is 6.04 Å². The Hall–Kier alpha value is -0.860. The highest BCUT2D eigenvalue weighted by Gasteiger charge is 2.29. The molecule has 1 aromatic rings. The zero-order chi connectivity index (χ0) is 11.7. The van der Waals surface area contributed by atoms with E-state index in [1.54, 1.807) is 0 Å². The molecule has 3 N–H and O–H groups in total. The fourth-order valence-electron chi connectivity index (χ4n) is 3.39. The summed E-state index contributed by atoms with van der Waals surface area (Å²) in [5.41, 5.74) is 8.99. The van der Waals surface area contributed by atoms with E-state index in [2.05, 4.69) is 29.6 Å². The maximum atomic E-state index is 6.20. The number of fused-ring (bicyclic) bond motifs is 1. The molecule has 17 heavy (non-hydrogen) atoms. The third-order valence-corrected chi connectivity index (χ3v) is 4.30. The van der Waals surface area contributed by atoms with Crippen molar-refractivity contribution in [2.24, 2.45) is 5.73 Å². The number of rotatable bonds is 2. The molecule has 0 heterocycles. The monoisotopic (exact) mass is 230 g/mol. The molecule has 1 fully saturated rings. The number of hydrogen-bond donors (Lipinski definition) is 2. The summed E-state index contributed by atoms with van der Waals surface area (Å²) in [7, 11) is 0. The van der Waals surface area contributed by atoms with Crippen molar-refractivity contribution < 1.29 is 0 Å². The van der Waals surface area contributed by atoms with Crippen LogP contribution in [0.2, 0.25) is 0 Å². The second-order valence-electron chi connectivity index (χ2n) is 5.53. The van der Waals surface area contributed by atoms with E-state index in [9.17, 15) is 0 Å². The Bertz CT molecular complexity index is 382. The van der Waals surface area contributed by atoms with E-state index < -0.39 is 0 Å². The zero-order valence-electron chi connectivity index (χ0n) is 10.4. The Morgan fingerprint density at radius 2 is 1.71 bits per heavy atom. The van der Waals surface area contributed by atoms with Gasteiger partial charge in [0.15, 0.2) is 0 Å². The molecule has 2 aliphatic carbocycles. The lowest BCUT2D eigenvalue weighted by Crippen LogP contribution is -2.33. The van der Waals surface area contributed by atoms with Crippen LogP contribution in [0, 0.1) is 0 Å². The summed E-state index contributed by atoms with van der Waals surface area (Å²) in [5.74, 6) is 0. The van der Waals surface area contributed by atoms with Gasteiger partial charge in [-0.1, -0.05) is 43.5 Å². The number of nitrogens with two attached hydrogens (primary N) is 1. The minimum absolute atomic E-state index is 0.229. The molecule has 0 saturated heterocycles. The summed E-state index contributed by atoms with van der Waals surface area (Å²) in [6.45, 7) is 0. The number of benzene rings is 1. The van der Waals surface area contributed by atoms with Gasteiger partial charge in [0.2, 0.25) is 0 Å². The highest BCUT2D eigenvalue weighted by molar-refractivity contribution is 5.37. The lowest BCUT2D eigenvalue weighted by atomic mass is 9.94. The first-order valence-electron chi connectivity index (χ1n) is 6.95. The molecule has 92 valence electrons. The van der Waals surface area contributed by atoms with Crippen LogP contribution >= 0.6 is 0 Å². The predicted molar refractivity (Wildman–Crippen MR) is 70.7 cm³/mol. The summed E-state index contributed by atoms with van der Waals surface area (Å²) in [6.07, 6.45) is 7.94. The Balaban J connectivity index is 1.72. The molecule has 0 amide bonds. The van der Waals surface area contributed by atoms with Gasteiger partial charge in [-0.2, -0.15) is 0 Å². The summed E-state index contributed by atoms with van der Waals surface area (Å²) < 4.78 is 0. The molecule has 0 aromatic heterocycles. The summed E-state index contributed by atoms with van der Waals surface area (Å²) in [4.78, 5) is 0. The van der Waals surface area contributed by atoms with Gasteiger partial charge in [-0.15, -0.1) is 0 Å². The van der Waals surface area contributed by atoms with E-state index >= 15 is 0 Å². The molecule has 1 aromatic carbocycles. The first-order valence-corrected chi connectivity index (χ1v) is 6.95. The molecule has 0 spiro atoms. The third-order valence-electron chi connectivity index (χ3n) is 4.30. The molecule has 0 bridgehead atoms. The molecule has 3 rings (SSSR count). The van der Waals surface area contributed by atoms with E-state index in [0.717, 1.165) is 6.42 Å². The largest absolute Gasteiger partial charge is 0.324 e. The molecule has 1 saturated carbocycles. The lowest BCUT2D eigenvalue weighted by molar-refractivity contribution is 0.332. The van der Waals surface area contributed by atoms with Gasteiger partial charge in [-0.3, -0.25) is 0 Å². The molecular formula is C15H22N2. The van der Waals surface area contributed by atoms with Crippen molar-refractivity contribution in [1.29, 1.82) is 0 Å². The topological polar surface area (TPSA) is 38.0 Å². The van der Waals surface area contributed by atoms with Crippen molar-refractivity contribution in [1.82, 2.24) is 5.32 Å². The van der Waals surface area contributed by atoms with Crippen LogP contribution in [0.25, 0.3) is 0 Å². The van der Waals surface area contributed by atoms with Crippen molar-refractivity contribution in [3.63, 3.8) is 0 Å². The van der Waals surface area contributed by atoms with Gasteiger partial charge in [0.25, 0.3) is 0 Å². The van der Waals surface area contributed by atoms with E-state index in [1.165, 1.54) is 43.2 Å². The van der Waals surface area contributed by atoms with E-state index in [4.69, 9.17) is 5.73 Å². The first kappa shape index (κ1) is 11.2. The Morgan fingerprint density at radius 3 is 2.47 bits per heavy atom. The molecule has 2 aliphatic rings. The smallest absolute Gasteiger partial charge is 0.0344 e. The lowest BCUT2D eigenvalue weighted by Gasteiger charge is -2.27. The average molecular weight is 230 g/mol. The maximum absolute atomic E-state index is 6.20. The summed E-state index contributed by atoms with van der Waals surface area (Å²) in [5, 5.41) is 3.82. The van der Waals surface area contributed by atoms with Gasteiger partial charge in [0, 0.05) is 18.1 Å². The van der Waals surface area contributed by atoms with Crippen molar-refractivity contribution in [3.05, 3.63) is 35.4 Å². The van der Waals surface area contributed by atoms with Gasteiger partial charge in [0.1, 0.15) is 0 Å². The van der Waals surface area contributed by atoms with Crippen molar-refractivity contribution in [2.75, 3.05) is 0 Å². The Morgan fingerprint density at radius 1 is 1.00 bits per heavy atom. The quantitative estimate of drug-likeness (QED) is 0.819. The average Bonchev–Trinajstić information content (AvgIpc) is 2.69. The van der Waals surface area contributed by atoms with Gasteiger partial charge >= 0.3 is 0 Å². The number of hydrogen-bond acceptors (Lipinski definition) is 2. The van der Waals surface area contributed by atoms with E-state index in [1.807, 2.05) is 0 Å². The maximum Gasteiger partial charge on any atom is 0.0344 e. The SMILES string of the molecule is NC1CC(NC2CCCCC2)c2ccccc21. The van der Waals surface area contributed by atoms with Gasteiger partial charge < -0.3 is 11.1 Å². The third kappa shape index (κ3) is 2.24. The predicted octanol–water partition coefficient (Wildman–Crippen LogP) is 3.05. The molecular weight excluding hydrogens is 208 g/mol. The molecule has 2 unspecified atom stereocenters. The number of nitrogens with one attached hydrogen (secondary N) is 1. The van der Waals surface area contributed by atoms with Crippen molar-refractivity contribution in [2.45, 2.75) is 56.7 Å². The van der Waals surface area contributed by atoms with Crippen LogP contribution in [0.5, 0.6) is 0 Å². The van der Waals surface area contributed by atoms with E-state index in [0.29, 0.717) is 12.1 Å². The van der Waals surface area contributed by atoms with Crippen LogP contribution in [0.15, 0.2) is 24.3 Å². The molecule has 0 aliphatic heterocycles. The first-order chi connectivity index (χ1) is 8.34. The molecule has 2 atom stereocenters. The summed E-state index contributed by atoms with van der Waals surface area (Å²) in [6, 6.07) is 10.1. The van der Waals surface area contributed by atoms with Gasteiger partial charge in [-0.25, -0.2) is 0 Å². The van der Waals surface area contributed by atoms with Crippen molar-refractivity contribution in [3.8, 4) is 0 Å². The minimum atomic E-state index is 0.229. The highest BCUT2D eigenvalue weighted by atomic mass is 15.0. The standard InChI is InChI=1S/C15H22N2/c16-14-10-15(13-9-5-4-8-12(13)14)17-11-6-2-1-3-7-11/h4-5,8-9,11,14-15,17H,1-3,6-7,10,16H2. The van der Waals surface area contributed by atoms with Crippen LogP contribution in [0.3, 0.4) is 0 Å². The fraction of sp³-hybridized carbons (Fsp3) is 0.600.